The van der Waals surface area contributed by atoms with E-state index >= 15 is 4.39 Å². The Labute approximate surface area is 260 Å². The van der Waals surface area contributed by atoms with E-state index in [2.05, 4.69) is 117 Å². The lowest BCUT2D eigenvalue weighted by Gasteiger charge is -2.23. The van der Waals surface area contributed by atoms with Crippen LogP contribution in [0.2, 0.25) is 0 Å². The molecule has 5 heteroatoms. The summed E-state index contributed by atoms with van der Waals surface area (Å²) in [6.07, 6.45) is 2.16. The molecule has 0 aliphatic carbocycles. The molecule has 1 atom stereocenters. The van der Waals surface area contributed by atoms with Crippen molar-refractivity contribution in [2.24, 2.45) is 0 Å². The minimum atomic E-state index is -0.256. The van der Waals surface area contributed by atoms with Gasteiger partial charge in [-0.3, -0.25) is 0 Å². The second-order valence-corrected chi connectivity index (χ2v) is 11.9. The van der Waals surface area contributed by atoms with Crippen LogP contribution in [0.25, 0.3) is 11.3 Å². The molecule has 5 rings (SSSR count). The van der Waals surface area contributed by atoms with Crippen LogP contribution in [0, 0.1) is 12.7 Å². The van der Waals surface area contributed by atoms with E-state index < -0.39 is 0 Å². The van der Waals surface area contributed by atoms with Gasteiger partial charge in [-0.1, -0.05) is 91.4 Å². The topological polar surface area (TPSA) is 19.4 Å². The van der Waals surface area contributed by atoms with Crippen molar-refractivity contribution in [3.05, 3.63) is 130 Å². The minimum absolute atomic E-state index is 0.0992. The summed E-state index contributed by atoms with van der Waals surface area (Å²) < 4.78 is 15.5. The highest BCUT2D eigenvalue weighted by Gasteiger charge is 2.28. The summed E-state index contributed by atoms with van der Waals surface area (Å²) in [6, 6.07) is 33.3. The van der Waals surface area contributed by atoms with E-state index in [1.54, 1.807) is 17.4 Å². The third-order valence-corrected chi connectivity index (χ3v) is 9.34. The fraction of sp³-hybridized carbons (Fsp3) is 0.289. The zero-order valence-corrected chi connectivity index (χ0v) is 26.8. The van der Waals surface area contributed by atoms with Crippen LogP contribution < -0.4 is 9.80 Å². The predicted molar refractivity (Wildman–Crippen MR) is 183 cm³/mol. The first-order valence-corrected chi connectivity index (χ1v) is 16.3. The molecule has 1 aromatic heterocycles. The number of para-hydroxylation sites is 1. The van der Waals surface area contributed by atoms with Crippen molar-refractivity contribution >= 4 is 27.8 Å². The summed E-state index contributed by atoms with van der Waals surface area (Å²) in [5, 5.41) is 0.873. The van der Waals surface area contributed by atoms with Crippen molar-refractivity contribution in [1.82, 2.24) is 4.98 Å². The maximum Gasteiger partial charge on any atom is 0.190 e. The average Bonchev–Trinajstić information content (AvgIpc) is 3.45. The minimum Gasteiger partial charge on any atom is -0.372 e. The van der Waals surface area contributed by atoms with Crippen molar-refractivity contribution in [2.75, 3.05) is 29.4 Å². The highest BCUT2D eigenvalue weighted by Crippen LogP contribution is 2.46. The van der Waals surface area contributed by atoms with Gasteiger partial charge in [0.15, 0.2) is 5.13 Å². The van der Waals surface area contributed by atoms with Gasteiger partial charge >= 0.3 is 0 Å². The number of benzene rings is 4. The maximum atomic E-state index is 15.5. The van der Waals surface area contributed by atoms with E-state index in [4.69, 9.17) is 4.98 Å². The monoisotopic (exact) mass is 591 g/mol. The summed E-state index contributed by atoms with van der Waals surface area (Å²) in [5.74, 6) is -0.355. The van der Waals surface area contributed by atoms with Crippen molar-refractivity contribution < 1.29 is 4.39 Å². The number of aryl methyl sites for hydroxylation is 2. The van der Waals surface area contributed by atoms with Crippen molar-refractivity contribution in [2.45, 2.75) is 53.4 Å². The molecule has 0 spiro atoms. The highest BCUT2D eigenvalue weighted by molar-refractivity contribution is 7.16. The Morgan fingerprint density at radius 2 is 1.37 bits per heavy atom. The van der Waals surface area contributed by atoms with Gasteiger partial charge in [-0.15, -0.1) is 0 Å². The molecule has 222 valence electrons. The van der Waals surface area contributed by atoms with E-state index in [-0.39, 0.29) is 11.7 Å². The molecule has 5 aromatic rings. The molecular weight excluding hydrogens is 550 g/mol. The second kappa shape index (κ2) is 14.0. The summed E-state index contributed by atoms with van der Waals surface area (Å²) in [7, 11) is 0. The Kier molecular flexibility index (Phi) is 9.93. The molecular formula is C38H42FN3S. The van der Waals surface area contributed by atoms with E-state index in [9.17, 15) is 0 Å². The molecule has 4 aromatic carbocycles. The van der Waals surface area contributed by atoms with E-state index in [1.807, 2.05) is 12.1 Å². The summed E-state index contributed by atoms with van der Waals surface area (Å²) in [4.78, 5) is 10.9. The number of thiazole rings is 1. The number of anilines is 3. The Morgan fingerprint density at radius 3 is 1.98 bits per heavy atom. The molecule has 0 aliphatic heterocycles. The largest absolute Gasteiger partial charge is 0.372 e. The summed E-state index contributed by atoms with van der Waals surface area (Å²) in [6.45, 7) is 13.5. The average molecular weight is 592 g/mol. The third-order valence-electron chi connectivity index (χ3n) is 8.19. The molecule has 1 unspecified atom stereocenters. The zero-order valence-electron chi connectivity index (χ0n) is 26.0. The molecule has 0 N–H and O–H groups in total. The Balaban J connectivity index is 1.73. The highest BCUT2D eigenvalue weighted by atomic mass is 32.1. The standard InChI is InChI=1S/C38H42FN3S/c1-6-14-28-19-21-29(22-20-28)35(30-23-25-31(26-24-30)41(7-2)8-3)37-36(32-16-11-12-17-33(32)39)40-38(43-37)42(9-4)34-18-13-10-15-27(34)5/h10-13,15-26,35H,6-9,14H2,1-5H3. The first-order chi connectivity index (χ1) is 21.0. The van der Waals surface area contributed by atoms with Gasteiger partial charge in [0.25, 0.3) is 0 Å². The lowest BCUT2D eigenvalue weighted by atomic mass is 9.87. The lowest BCUT2D eigenvalue weighted by molar-refractivity contribution is 0.630. The zero-order chi connectivity index (χ0) is 30.3. The van der Waals surface area contributed by atoms with Gasteiger partial charge in [-0.05, 0) is 86.7 Å². The maximum absolute atomic E-state index is 15.5. The fourth-order valence-electron chi connectivity index (χ4n) is 5.88. The molecule has 0 fully saturated rings. The van der Waals surface area contributed by atoms with Gasteiger partial charge in [0, 0.05) is 47.4 Å². The van der Waals surface area contributed by atoms with Crippen molar-refractivity contribution in [1.29, 1.82) is 0 Å². The number of halogens is 1. The molecule has 0 bridgehead atoms. The molecule has 0 amide bonds. The summed E-state index contributed by atoms with van der Waals surface area (Å²) >= 11 is 1.67. The Bertz CT molecular complexity index is 1620. The quantitative estimate of drug-likeness (QED) is 0.144. The smallest absolute Gasteiger partial charge is 0.190 e. The normalized spacial score (nSPS) is 11.9. The second-order valence-electron chi connectivity index (χ2n) is 10.9. The van der Waals surface area contributed by atoms with Crippen LogP contribution in [0.15, 0.2) is 97.1 Å². The number of rotatable bonds is 12. The van der Waals surface area contributed by atoms with E-state index in [0.717, 1.165) is 48.2 Å². The van der Waals surface area contributed by atoms with Crippen LogP contribution in [0.3, 0.4) is 0 Å². The first kappa shape index (κ1) is 30.5. The lowest BCUT2D eigenvalue weighted by Crippen LogP contribution is -2.21. The Hall–Kier alpha value is -3.96. The van der Waals surface area contributed by atoms with Crippen LogP contribution in [0.4, 0.5) is 20.9 Å². The molecule has 1 heterocycles. The van der Waals surface area contributed by atoms with Gasteiger partial charge in [0.2, 0.25) is 0 Å². The van der Waals surface area contributed by atoms with E-state index in [0.29, 0.717) is 11.3 Å². The van der Waals surface area contributed by atoms with Gasteiger partial charge in [0.1, 0.15) is 5.82 Å². The van der Waals surface area contributed by atoms with Crippen LogP contribution >= 0.6 is 11.3 Å². The van der Waals surface area contributed by atoms with Crippen LogP contribution in [-0.4, -0.2) is 24.6 Å². The van der Waals surface area contributed by atoms with Crippen molar-refractivity contribution in [3.63, 3.8) is 0 Å². The van der Waals surface area contributed by atoms with Gasteiger partial charge in [0.05, 0.1) is 5.69 Å². The predicted octanol–water partition coefficient (Wildman–Crippen LogP) is 10.4. The first-order valence-electron chi connectivity index (χ1n) is 15.5. The van der Waals surface area contributed by atoms with Crippen molar-refractivity contribution in [3.8, 4) is 11.3 Å². The third kappa shape index (κ3) is 6.52. The number of hydrogen-bond donors (Lipinski definition) is 0. The van der Waals surface area contributed by atoms with Gasteiger partial charge in [-0.25, -0.2) is 9.37 Å². The van der Waals surface area contributed by atoms with Crippen LogP contribution in [0.5, 0.6) is 0 Å². The number of nitrogens with zero attached hydrogens (tertiary/aromatic N) is 3. The SMILES string of the molecule is CCCc1ccc(C(c2ccc(N(CC)CC)cc2)c2sc(N(CC)c3ccccc3C)nc2-c2ccccc2F)cc1. The summed E-state index contributed by atoms with van der Waals surface area (Å²) in [5.41, 5.74) is 8.44. The fourth-order valence-corrected chi connectivity index (χ4v) is 7.19. The van der Waals surface area contributed by atoms with Gasteiger partial charge < -0.3 is 9.80 Å². The van der Waals surface area contributed by atoms with E-state index in [1.165, 1.54) is 34.0 Å². The Morgan fingerprint density at radius 1 is 0.744 bits per heavy atom. The van der Waals surface area contributed by atoms with Gasteiger partial charge in [-0.2, -0.15) is 0 Å². The van der Waals surface area contributed by atoms with Crippen LogP contribution in [-0.2, 0) is 6.42 Å². The van der Waals surface area contributed by atoms with Crippen LogP contribution in [0.1, 0.15) is 67.2 Å². The molecule has 0 saturated carbocycles. The number of aromatic nitrogens is 1. The molecule has 3 nitrogen and oxygen atoms in total. The number of hydrogen-bond acceptors (Lipinski definition) is 4. The molecule has 0 saturated heterocycles. The molecule has 43 heavy (non-hydrogen) atoms. The molecule has 0 radical (unpaired) electrons. The molecule has 0 aliphatic rings.